The lowest BCUT2D eigenvalue weighted by molar-refractivity contribution is -0.148. The van der Waals surface area contributed by atoms with Gasteiger partial charge in [-0.05, 0) is 57.1 Å². The fourth-order valence-corrected chi connectivity index (χ4v) is 8.14. The SMILES string of the molecule is CCOC(=O)C1C[C@H]2CCCC3(SCCCS3)[C@@H]2N1C. The molecule has 3 atom stereocenters. The van der Waals surface area contributed by atoms with Gasteiger partial charge in [-0.15, -0.1) is 23.5 Å². The Balaban J connectivity index is 1.80. The summed E-state index contributed by atoms with van der Waals surface area (Å²) >= 11 is 4.33. The smallest absolute Gasteiger partial charge is 0.323 e. The molecule has 0 N–H and O–H groups in total. The first-order valence-electron chi connectivity index (χ1n) is 7.84. The molecule has 2 heterocycles. The van der Waals surface area contributed by atoms with Gasteiger partial charge in [0.15, 0.2) is 0 Å². The van der Waals surface area contributed by atoms with Gasteiger partial charge in [-0.25, -0.2) is 0 Å². The van der Waals surface area contributed by atoms with E-state index < -0.39 is 0 Å². The number of nitrogens with zero attached hydrogens (tertiary/aromatic N) is 1. The zero-order valence-corrected chi connectivity index (χ0v) is 14.1. The van der Waals surface area contributed by atoms with Gasteiger partial charge in [0, 0.05) is 6.04 Å². The summed E-state index contributed by atoms with van der Waals surface area (Å²) in [6.07, 6.45) is 6.25. The Hall–Kier alpha value is 0.130. The third kappa shape index (κ3) is 2.50. The molecule has 20 heavy (non-hydrogen) atoms. The standard InChI is InChI=1S/C15H25NO2S2/c1-3-18-14(17)12-10-11-6-4-7-15(13(11)16(12)2)19-8-5-9-20-15/h11-13H,3-10H2,1-2H3/t11-,12?,13-/m1/s1. The Labute approximate surface area is 130 Å². The first kappa shape index (κ1) is 15.0. The number of likely N-dealkylation sites (tertiary alicyclic amines) is 1. The number of likely N-dealkylation sites (N-methyl/N-ethyl adjacent to an activating group) is 1. The fourth-order valence-electron chi connectivity index (χ4n) is 4.22. The molecule has 2 aliphatic heterocycles. The van der Waals surface area contributed by atoms with Crippen molar-refractivity contribution < 1.29 is 9.53 Å². The minimum absolute atomic E-state index is 0.00893. The van der Waals surface area contributed by atoms with Crippen LogP contribution in [0.3, 0.4) is 0 Å². The van der Waals surface area contributed by atoms with Crippen LogP contribution in [0.2, 0.25) is 0 Å². The van der Waals surface area contributed by atoms with Gasteiger partial charge in [0.25, 0.3) is 0 Å². The highest BCUT2D eigenvalue weighted by atomic mass is 32.2. The normalized spacial score (nSPS) is 36.8. The van der Waals surface area contributed by atoms with Crippen LogP contribution in [0.15, 0.2) is 0 Å². The highest BCUT2D eigenvalue weighted by Gasteiger charge is 2.55. The van der Waals surface area contributed by atoms with Gasteiger partial charge in [-0.3, -0.25) is 9.69 Å². The van der Waals surface area contributed by atoms with Crippen LogP contribution >= 0.6 is 23.5 Å². The second-order valence-electron chi connectivity index (χ2n) is 6.13. The van der Waals surface area contributed by atoms with Crippen LogP contribution in [0, 0.1) is 5.92 Å². The van der Waals surface area contributed by atoms with E-state index in [2.05, 4.69) is 35.5 Å². The van der Waals surface area contributed by atoms with Crippen molar-refractivity contribution in [2.24, 2.45) is 5.92 Å². The number of ether oxygens (including phenoxy) is 1. The summed E-state index contributed by atoms with van der Waals surface area (Å²) in [7, 11) is 2.15. The molecule has 0 aromatic rings. The minimum atomic E-state index is -0.0111. The third-order valence-electron chi connectivity index (χ3n) is 4.99. The molecular formula is C15H25NO2S2. The first-order chi connectivity index (χ1) is 9.68. The zero-order valence-electron chi connectivity index (χ0n) is 12.5. The van der Waals surface area contributed by atoms with Gasteiger partial charge in [-0.1, -0.05) is 6.42 Å². The largest absolute Gasteiger partial charge is 0.465 e. The summed E-state index contributed by atoms with van der Waals surface area (Å²) in [6, 6.07) is 0.545. The average Bonchev–Trinajstić information content (AvgIpc) is 2.79. The summed E-state index contributed by atoms with van der Waals surface area (Å²) < 4.78 is 5.63. The Kier molecular flexibility index (Phi) is 4.58. The molecule has 1 saturated carbocycles. The number of carbonyl (C=O) groups excluding carboxylic acids is 1. The van der Waals surface area contributed by atoms with E-state index in [4.69, 9.17) is 4.74 Å². The number of fused-ring (bicyclic) bond motifs is 2. The van der Waals surface area contributed by atoms with Gasteiger partial charge in [-0.2, -0.15) is 0 Å². The van der Waals surface area contributed by atoms with Crippen molar-refractivity contribution in [3.8, 4) is 0 Å². The van der Waals surface area contributed by atoms with Gasteiger partial charge in [0.05, 0.1) is 10.7 Å². The van der Waals surface area contributed by atoms with Crippen molar-refractivity contribution in [2.75, 3.05) is 25.2 Å². The second-order valence-corrected chi connectivity index (χ2v) is 9.24. The van der Waals surface area contributed by atoms with Crippen LogP contribution in [-0.2, 0) is 9.53 Å². The van der Waals surface area contributed by atoms with E-state index in [-0.39, 0.29) is 12.0 Å². The van der Waals surface area contributed by atoms with Crippen molar-refractivity contribution in [1.29, 1.82) is 0 Å². The maximum Gasteiger partial charge on any atom is 0.323 e. The number of carbonyl (C=O) groups is 1. The molecule has 0 radical (unpaired) electrons. The molecular weight excluding hydrogens is 290 g/mol. The Morgan fingerprint density at radius 1 is 1.35 bits per heavy atom. The van der Waals surface area contributed by atoms with Crippen molar-refractivity contribution in [3.05, 3.63) is 0 Å². The predicted molar refractivity (Wildman–Crippen MR) is 86.2 cm³/mol. The molecule has 2 saturated heterocycles. The van der Waals surface area contributed by atoms with E-state index in [1.54, 1.807) is 0 Å². The second kappa shape index (κ2) is 6.09. The lowest BCUT2D eigenvalue weighted by atomic mass is 9.84. The van der Waals surface area contributed by atoms with Crippen LogP contribution in [-0.4, -0.2) is 52.2 Å². The molecule has 1 aliphatic carbocycles. The fraction of sp³-hybridized carbons (Fsp3) is 0.933. The number of hydrogen-bond acceptors (Lipinski definition) is 5. The molecule has 0 amide bonds. The van der Waals surface area contributed by atoms with Crippen molar-refractivity contribution >= 4 is 29.5 Å². The summed E-state index contributed by atoms with van der Waals surface area (Å²) in [5.74, 6) is 3.24. The molecule has 0 aromatic carbocycles. The Morgan fingerprint density at radius 2 is 2.10 bits per heavy atom. The van der Waals surface area contributed by atoms with E-state index >= 15 is 0 Å². The molecule has 114 valence electrons. The van der Waals surface area contributed by atoms with Crippen LogP contribution < -0.4 is 0 Å². The highest BCUT2D eigenvalue weighted by Crippen LogP contribution is 2.57. The summed E-state index contributed by atoms with van der Waals surface area (Å²) in [4.78, 5) is 14.5. The lowest BCUT2D eigenvalue weighted by Gasteiger charge is -2.49. The summed E-state index contributed by atoms with van der Waals surface area (Å²) in [6.45, 7) is 2.39. The van der Waals surface area contributed by atoms with Crippen LogP contribution in [0.4, 0.5) is 0 Å². The lowest BCUT2D eigenvalue weighted by Crippen LogP contribution is -2.52. The van der Waals surface area contributed by atoms with Crippen LogP contribution in [0.5, 0.6) is 0 Å². The molecule has 3 rings (SSSR count). The molecule has 1 unspecified atom stereocenters. The maximum atomic E-state index is 12.2. The van der Waals surface area contributed by atoms with Crippen LogP contribution in [0.1, 0.15) is 39.0 Å². The monoisotopic (exact) mass is 315 g/mol. The van der Waals surface area contributed by atoms with Crippen molar-refractivity contribution in [2.45, 2.75) is 55.2 Å². The van der Waals surface area contributed by atoms with Crippen molar-refractivity contribution in [3.63, 3.8) is 0 Å². The molecule has 3 fully saturated rings. The number of rotatable bonds is 2. The van der Waals surface area contributed by atoms with Gasteiger partial charge >= 0.3 is 5.97 Å². The van der Waals surface area contributed by atoms with E-state index in [1.807, 2.05) is 6.92 Å². The summed E-state index contributed by atoms with van der Waals surface area (Å²) in [5.41, 5.74) is 0. The van der Waals surface area contributed by atoms with E-state index in [1.165, 1.54) is 37.2 Å². The molecule has 5 heteroatoms. The quantitative estimate of drug-likeness (QED) is 0.731. The summed E-state index contributed by atoms with van der Waals surface area (Å²) in [5, 5.41) is 0. The van der Waals surface area contributed by atoms with Crippen molar-refractivity contribution in [1.82, 2.24) is 4.90 Å². The number of esters is 1. The van der Waals surface area contributed by atoms with Crippen LogP contribution in [0.25, 0.3) is 0 Å². The third-order valence-corrected chi connectivity index (χ3v) is 8.56. The Morgan fingerprint density at radius 3 is 2.80 bits per heavy atom. The number of hydrogen-bond donors (Lipinski definition) is 0. The Bertz CT molecular complexity index is 365. The maximum absolute atomic E-state index is 12.2. The van der Waals surface area contributed by atoms with E-state index in [0.29, 0.717) is 22.6 Å². The molecule has 0 aromatic heterocycles. The van der Waals surface area contributed by atoms with Gasteiger partial charge in [0.2, 0.25) is 0 Å². The van der Waals surface area contributed by atoms with E-state index in [0.717, 1.165) is 6.42 Å². The molecule has 1 spiro atoms. The molecule has 0 bridgehead atoms. The number of thioether (sulfide) groups is 2. The average molecular weight is 316 g/mol. The first-order valence-corrected chi connectivity index (χ1v) is 9.81. The van der Waals surface area contributed by atoms with E-state index in [9.17, 15) is 4.79 Å². The topological polar surface area (TPSA) is 29.5 Å². The predicted octanol–water partition coefficient (Wildman–Crippen LogP) is 2.99. The van der Waals surface area contributed by atoms with Gasteiger partial charge in [0.1, 0.15) is 6.04 Å². The van der Waals surface area contributed by atoms with Gasteiger partial charge < -0.3 is 4.74 Å². The minimum Gasteiger partial charge on any atom is -0.465 e. The molecule has 3 nitrogen and oxygen atoms in total. The highest BCUT2D eigenvalue weighted by molar-refractivity contribution is 8.18. The molecule has 3 aliphatic rings. The zero-order chi connectivity index (χ0) is 14.2.